The number of benzene rings is 1. The van der Waals surface area contributed by atoms with Gasteiger partial charge in [0.05, 0.1) is 0 Å². The number of nitrogens with zero attached hydrogens (tertiary/aromatic N) is 1. The van der Waals surface area contributed by atoms with Crippen molar-refractivity contribution in [2.24, 2.45) is 0 Å². The Balaban J connectivity index is 2.42. The van der Waals surface area contributed by atoms with Gasteiger partial charge in [-0.1, -0.05) is 0 Å². The predicted octanol–water partition coefficient (Wildman–Crippen LogP) is 2.36. The van der Waals surface area contributed by atoms with Crippen molar-refractivity contribution in [2.45, 2.75) is 23.8 Å². The molecule has 0 bridgehead atoms. The van der Waals surface area contributed by atoms with Crippen LogP contribution in [0.5, 0.6) is 0 Å². The summed E-state index contributed by atoms with van der Waals surface area (Å²) < 4.78 is 52.0. The lowest BCUT2D eigenvalue weighted by atomic mass is 10.3. The topological polar surface area (TPSA) is 37.4 Å². The summed E-state index contributed by atoms with van der Waals surface area (Å²) in [6.45, 7) is 0.316. The molecule has 1 unspecified atom stereocenters. The van der Waals surface area contributed by atoms with Crippen molar-refractivity contribution in [2.75, 3.05) is 12.4 Å². The van der Waals surface area contributed by atoms with Crippen molar-refractivity contribution in [1.82, 2.24) is 4.31 Å². The molecule has 2 rings (SSSR count). The zero-order valence-corrected chi connectivity index (χ0v) is 11.0. The molecular weight excluding hydrogens is 284 g/mol. The van der Waals surface area contributed by atoms with Gasteiger partial charge < -0.3 is 0 Å². The molecule has 0 spiro atoms. The fourth-order valence-corrected chi connectivity index (χ4v) is 4.23. The van der Waals surface area contributed by atoms with E-state index >= 15 is 0 Å². The van der Waals surface area contributed by atoms with E-state index in [-0.39, 0.29) is 11.9 Å². The first-order valence-electron chi connectivity index (χ1n) is 5.49. The van der Waals surface area contributed by atoms with Crippen LogP contribution in [-0.4, -0.2) is 31.2 Å². The Morgan fingerprint density at radius 2 is 2.11 bits per heavy atom. The Hall–Kier alpha value is -0.720. The second kappa shape index (κ2) is 5.11. The van der Waals surface area contributed by atoms with Gasteiger partial charge >= 0.3 is 0 Å². The van der Waals surface area contributed by atoms with E-state index in [4.69, 9.17) is 11.6 Å². The Morgan fingerprint density at radius 1 is 1.39 bits per heavy atom. The Kier molecular flexibility index (Phi) is 3.89. The third-order valence-corrected chi connectivity index (χ3v) is 5.32. The SMILES string of the molecule is O=S(=O)(c1ccc(F)cc1F)N1CCCC1CCl. The summed E-state index contributed by atoms with van der Waals surface area (Å²) in [6.07, 6.45) is 1.35. The van der Waals surface area contributed by atoms with Crippen LogP contribution >= 0.6 is 11.6 Å². The number of hydrogen-bond acceptors (Lipinski definition) is 2. The van der Waals surface area contributed by atoms with Crippen molar-refractivity contribution < 1.29 is 17.2 Å². The van der Waals surface area contributed by atoms with Crippen LogP contribution in [0.1, 0.15) is 12.8 Å². The van der Waals surface area contributed by atoms with Crippen molar-refractivity contribution in [3.63, 3.8) is 0 Å². The first kappa shape index (κ1) is 13.7. The fourth-order valence-electron chi connectivity index (χ4n) is 2.09. The first-order valence-corrected chi connectivity index (χ1v) is 7.47. The van der Waals surface area contributed by atoms with Crippen LogP contribution in [0.3, 0.4) is 0 Å². The molecule has 1 aromatic carbocycles. The normalized spacial score (nSPS) is 21.4. The summed E-state index contributed by atoms with van der Waals surface area (Å²) in [5, 5.41) is 0. The molecule has 0 saturated carbocycles. The van der Waals surface area contributed by atoms with Crippen LogP contribution in [-0.2, 0) is 10.0 Å². The lowest BCUT2D eigenvalue weighted by Gasteiger charge is -2.22. The van der Waals surface area contributed by atoms with E-state index in [2.05, 4.69) is 0 Å². The monoisotopic (exact) mass is 295 g/mol. The van der Waals surface area contributed by atoms with Gasteiger partial charge in [0.15, 0.2) is 0 Å². The molecule has 1 aliphatic heterocycles. The number of rotatable bonds is 3. The van der Waals surface area contributed by atoms with Crippen LogP contribution in [0.15, 0.2) is 23.1 Å². The molecule has 1 aliphatic rings. The molecule has 1 heterocycles. The predicted molar refractivity (Wildman–Crippen MR) is 64.0 cm³/mol. The molecule has 0 N–H and O–H groups in total. The van der Waals surface area contributed by atoms with Gasteiger partial charge in [-0.25, -0.2) is 17.2 Å². The largest absolute Gasteiger partial charge is 0.246 e. The van der Waals surface area contributed by atoms with Crippen LogP contribution < -0.4 is 0 Å². The van der Waals surface area contributed by atoms with Gasteiger partial charge in [0, 0.05) is 24.5 Å². The van der Waals surface area contributed by atoms with Crippen molar-refractivity contribution in [3.05, 3.63) is 29.8 Å². The molecule has 0 aromatic heterocycles. The van der Waals surface area contributed by atoms with Crippen molar-refractivity contribution in [3.8, 4) is 0 Å². The molecule has 100 valence electrons. The van der Waals surface area contributed by atoms with Crippen LogP contribution in [0.25, 0.3) is 0 Å². The van der Waals surface area contributed by atoms with E-state index in [0.717, 1.165) is 12.1 Å². The van der Waals surface area contributed by atoms with Crippen LogP contribution in [0, 0.1) is 11.6 Å². The summed E-state index contributed by atoms with van der Waals surface area (Å²) in [5.41, 5.74) is 0. The van der Waals surface area contributed by atoms with Gasteiger partial charge in [-0.3, -0.25) is 0 Å². The zero-order valence-electron chi connectivity index (χ0n) is 9.44. The Labute approximate surface area is 109 Å². The highest BCUT2D eigenvalue weighted by Crippen LogP contribution is 2.28. The van der Waals surface area contributed by atoms with Crippen LogP contribution in [0.4, 0.5) is 8.78 Å². The lowest BCUT2D eigenvalue weighted by Crippen LogP contribution is -2.36. The molecule has 1 aromatic rings. The maximum atomic E-state index is 13.6. The summed E-state index contributed by atoms with van der Waals surface area (Å²) in [4.78, 5) is -0.499. The minimum atomic E-state index is -3.94. The average Bonchev–Trinajstić information content (AvgIpc) is 2.76. The van der Waals surface area contributed by atoms with Gasteiger partial charge in [-0.2, -0.15) is 4.31 Å². The number of halogens is 3. The standard InChI is InChI=1S/C11H12ClF2NO2S/c12-7-9-2-1-5-15(9)18(16,17)11-4-3-8(13)6-10(11)14/h3-4,6,9H,1-2,5,7H2. The number of hydrogen-bond donors (Lipinski definition) is 0. The van der Waals surface area contributed by atoms with Gasteiger partial charge in [-0.05, 0) is 25.0 Å². The third kappa shape index (κ3) is 2.37. The van der Waals surface area contributed by atoms with Crippen LogP contribution in [0.2, 0.25) is 0 Å². The fraction of sp³-hybridized carbons (Fsp3) is 0.455. The average molecular weight is 296 g/mol. The molecule has 1 fully saturated rings. The minimum absolute atomic E-state index is 0.169. The van der Waals surface area contributed by atoms with Gasteiger partial charge in [0.25, 0.3) is 0 Å². The lowest BCUT2D eigenvalue weighted by molar-refractivity contribution is 0.407. The molecule has 0 aliphatic carbocycles. The van der Waals surface area contributed by atoms with Gasteiger partial charge in [0.1, 0.15) is 16.5 Å². The van der Waals surface area contributed by atoms with E-state index in [1.54, 1.807) is 0 Å². The van der Waals surface area contributed by atoms with Gasteiger partial charge in [0.2, 0.25) is 10.0 Å². The quantitative estimate of drug-likeness (QED) is 0.803. The second-order valence-electron chi connectivity index (χ2n) is 4.14. The molecule has 1 saturated heterocycles. The molecule has 7 heteroatoms. The Morgan fingerprint density at radius 3 is 2.72 bits per heavy atom. The maximum absolute atomic E-state index is 13.6. The van der Waals surface area contributed by atoms with Crippen molar-refractivity contribution in [1.29, 1.82) is 0 Å². The molecule has 1 atom stereocenters. The number of sulfonamides is 1. The van der Waals surface area contributed by atoms with E-state index in [1.165, 1.54) is 4.31 Å². The maximum Gasteiger partial charge on any atom is 0.246 e. The highest BCUT2D eigenvalue weighted by Gasteiger charge is 2.36. The Bertz CT molecular complexity index is 550. The van der Waals surface area contributed by atoms with E-state index in [0.29, 0.717) is 25.5 Å². The molecular formula is C11H12ClF2NO2S. The first-order chi connectivity index (χ1) is 8.46. The molecule has 0 radical (unpaired) electrons. The van der Waals surface area contributed by atoms with Gasteiger partial charge in [-0.15, -0.1) is 11.6 Å². The van der Waals surface area contributed by atoms with E-state index in [1.807, 2.05) is 0 Å². The highest BCUT2D eigenvalue weighted by molar-refractivity contribution is 7.89. The van der Waals surface area contributed by atoms with E-state index < -0.39 is 26.6 Å². The smallest absolute Gasteiger partial charge is 0.207 e. The van der Waals surface area contributed by atoms with Crippen molar-refractivity contribution >= 4 is 21.6 Å². The molecule has 0 amide bonds. The highest BCUT2D eigenvalue weighted by atomic mass is 35.5. The third-order valence-electron chi connectivity index (χ3n) is 2.98. The zero-order chi connectivity index (χ0) is 13.3. The number of alkyl halides is 1. The second-order valence-corrected chi connectivity index (χ2v) is 6.31. The minimum Gasteiger partial charge on any atom is -0.207 e. The summed E-state index contributed by atoms with van der Waals surface area (Å²) in [7, 11) is -3.94. The summed E-state index contributed by atoms with van der Waals surface area (Å²) in [5.74, 6) is -1.71. The van der Waals surface area contributed by atoms with E-state index in [9.17, 15) is 17.2 Å². The summed E-state index contributed by atoms with van der Waals surface area (Å²) >= 11 is 5.70. The summed E-state index contributed by atoms with van der Waals surface area (Å²) in [6, 6.07) is 2.13. The molecule has 18 heavy (non-hydrogen) atoms. The molecule has 3 nitrogen and oxygen atoms in total.